The third-order valence-electron chi connectivity index (χ3n) is 6.25. The van der Waals surface area contributed by atoms with Crippen LogP contribution in [0.5, 0.6) is 0 Å². The number of amides is 2. The fraction of sp³-hybridized carbons (Fsp3) is 0.444. The highest BCUT2D eigenvalue weighted by Gasteiger charge is 2.29. The Bertz CT molecular complexity index is 979. The highest BCUT2D eigenvalue weighted by atomic mass is 16.5. The Labute approximate surface area is 206 Å². The largest absolute Gasteiger partial charge is 0.481 e. The van der Waals surface area contributed by atoms with Gasteiger partial charge in [-0.05, 0) is 47.4 Å². The van der Waals surface area contributed by atoms with Gasteiger partial charge in [-0.1, -0.05) is 55.5 Å². The maximum Gasteiger partial charge on any atom is 0.407 e. The summed E-state index contributed by atoms with van der Waals surface area (Å²) in [5.74, 6) is -1.31. The molecule has 35 heavy (non-hydrogen) atoms. The Morgan fingerprint density at radius 1 is 1.00 bits per heavy atom. The molecule has 0 spiro atoms. The lowest BCUT2D eigenvalue weighted by Crippen LogP contribution is -2.47. The van der Waals surface area contributed by atoms with Gasteiger partial charge >= 0.3 is 12.1 Å². The van der Waals surface area contributed by atoms with Crippen molar-refractivity contribution in [1.29, 1.82) is 0 Å². The van der Waals surface area contributed by atoms with Crippen molar-refractivity contribution in [1.82, 2.24) is 10.6 Å². The number of carboxylic acid groups (broad SMARTS) is 1. The Morgan fingerprint density at radius 2 is 1.63 bits per heavy atom. The van der Waals surface area contributed by atoms with E-state index in [9.17, 15) is 14.4 Å². The van der Waals surface area contributed by atoms with Crippen LogP contribution in [-0.4, -0.2) is 56.0 Å². The summed E-state index contributed by atoms with van der Waals surface area (Å²) in [6.07, 6.45) is 0.921. The zero-order valence-corrected chi connectivity index (χ0v) is 20.3. The summed E-state index contributed by atoms with van der Waals surface area (Å²) in [4.78, 5) is 36.2. The number of hydrogen-bond donors (Lipinski definition) is 3. The normalized spacial score (nSPS) is 13.9. The van der Waals surface area contributed by atoms with Gasteiger partial charge in [0.25, 0.3) is 0 Å². The van der Waals surface area contributed by atoms with E-state index in [-0.39, 0.29) is 30.8 Å². The topological polar surface area (TPSA) is 114 Å². The van der Waals surface area contributed by atoms with Crippen LogP contribution in [0.15, 0.2) is 48.5 Å². The van der Waals surface area contributed by atoms with E-state index in [1.54, 1.807) is 7.11 Å². The Hall–Kier alpha value is -3.39. The van der Waals surface area contributed by atoms with Gasteiger partial charge in [0.1, 0.15) is 12.6 Å². The van der Waals surface area contributed by atoms with Crippen LogP contribution in [0, 0.1) is 5.92 Å². The van der Waals surface area contributed by atoms with Crippen LogP contribution in [0.4, 0.5) is 4.79 Å². The van der Waals surface area contributed by atoms with Crippen molar-refractivity contribution >= 4 is 18.0 Å². The second-order valence-electron chi connectivity index (χ2n) is 8.94. The smallest absolute Gasteiger partial charge is 0.407 e. The molecular weight excluding hydrogens is 448 g/mol. The number of ether oxygens (including phenoxy) is 2. The molecule has 2 aromatic rings. The van der Waals surface area contributed by atoms with Crippen molar-refractivity contribution < 1.29 is 29.0 Å². The number of carbonyl (C=O) groups excluding carboxylic acids is 2. The molecule has 0 aromatic heterocycles. The van der Waals surface area contributed by atoms with Gasteiger partial charge in [-0.25, -0.2) is 4.79 Å². The lowest BCUT2D eigenvalue weighted by atomic mass is 9.98. The van der Waals surface area contributed by atoms with Crippen LogP contribution in [0.2, 0.25) is 0 Å². The second-order valence-corrected chi connectivity index (χ2v) is 8.94. The number of benzene rings is 2. The summed E-state index contributed by atoms with van der Waals surface area (Å²) in [7, 11) is 1.58. The maximum absolute atomic E-state index is 12.7. The van der Waals surface area contributed by atoms with Gasteiger partial charge in [-0.3, -0.25) is 9.59 Å². The molecule has 8 heteroatoms. The molecule has 2 atom stereocenters. The number of nitrogens with one attached hydrogen (secondary N) is 2. The van der Waals surface area contributed by atoms with Crippen LogP contribution in [0.25, 0.3) is 11.1 Å². The number of carbonyl (C=O) groups is 3. The molecule has 0 aliphatic heterocycles. The number of fused-ring (bicyclic) bond motifs is 3. The van der Waals surface area contributed by atoms with Gasteiger partial charge in [-0.2, -0.15) is 0 Å². The van der Waals surface area contributed by atoms with Crippen molar-refractivity contribution in [2.24, 2.45) is 5.92 Å². The predicted molar refractivity (Wildman–Crippen MR) is 132 cm³/mol. The van der Waals surface area contributed by atoms with E-state index in [4.69, 9.17) is 14.6 Å². The zero-order valence-electron chi connectivity index (χ0n) is 20.3. The molecule has 188 valence electrons. The van der Waals surface area contributed by atoms with Crippen LogP contribution in [-0.2, 0) is 19.1 Å². The molecule has 2 unspecified atom stereocenters. The minimum absolute atomic E-state index is 0.0468. The molecule has 2 amide bonds. The van der Waals surface area contributed by atoms with E-state index < -0.39 is 18.1 Å². The first-order valence-corrected chi connectivity index (χ1v) is 12.0. The van der Waals surface area contributed by atoms with Crippen LogP contribution >= 0.6 is 0 Å². The lowest BCUT2D eigenvalue weighted by Gasteiger charge is -2.20. The van der Waals surface area contributed by atoms with Crippen molar-refractivity contribution in [3.8, 4) is 11.1 Å². The van der Waals surface area contributed by atoms with Crippen molar-refractivity contribution in [2.75, 3.05) is 26.9 Å². The third-order valence-corrected chi connectivity index (χ3v) is 6.25. The minimum atomic E-state index is -0.863. The fourth-order valence-corrected chi connectivity index (χ4v) is 4.45. The van der Waals surface area contributed by atoms with Gasteiger partial charge in [0.05, 0.1) is 0 Å². The van der Waals surface area contributed by atoms with Gasteiger partial charge in [0.2, 0.25) is 5.91 Å². The number of aliphatic carboxylic acids is 1. The number of alkyl carbamates (subject to hydrolysis) is 1. The van der Waals surface area contributed by atoms with Crippen LogP contribution < -0.4 is 10.6 Å². The van der Waals surface area contributed by atoms with Crippen LogP contribution in [0.3, 0.4) is 0 Å². The molecule has 0 fully saturated rings. The standard InChI is InChI=1S/C27H34N2O6/c1-18(16-25(30)31)13-14-28-26(32)24(12-7-15-34-2)29-27(33)35-17-23-21-10-5-3-8-19(21)20-9-4-6-11-22(20)23/h3-6,8-11,18,23-24H,7,12-17H2,1-2H3,(H,28,32)(H,29,33)(H,30,31). The highest BCUT2D eigenvalue weighted by molar-refractivity contribution is 5.85. The van der Waals surface area contributed by atoms with Gasteiger partial charge in [-0.15, -0.1) is 0 Å². The van der Waals surface area contributed by atoms with Crippen molar-refractivity contribution in [3.05, 3.63) is 59.7 Å². The van der Waals surface area contributed by atoms with E-state index in [2.05, 4.69) is 22.8 Å². The molecule has 8 nitrogen and oxygen atoms in total. The number of rotatable bonds is 13. The van der Waals surface area contributed by atoms with E-state index in [0.29, 0.717) is 32.4 Å². The van der Waals surface area contributed by atoms with E-state index in [1.807, 2.05) is 43.3 Å². The van der Waals surface area contributed by atoms with Gasteiger partial charge < -0.3 is 25.2 Å². The summed E-state index contributed by atoms with van der Waals surface area (Å²) >= 11 is 0. The number of methoxy groups -OCH3 is 1. The first-order chi connectivity index (χ1) is 16.9. The molecule has 3 N–H and O–H groups in total. The molecule has 0 radical (unpaired) electrons. The summed E-state index contributed by atoms with van der Waals surface area (Å²) < 4.78 is 10.7. The number of carboxylic acids is 1. The highest BCUT2D eigenvalue weighted by Crippen LogP contribution is 2.44. The zero-order chi connectivity index (χ0) is 25.2. The van der Waals surface area contributed by atoms with E-state index >= 15 is 0 Å². The third kappa shape index (κ3) is 7.29. The molecular formula is C27H34N2O6. The molecule has 0 bridgehead atoms. The molecule has 0 heterocycles. The molecule has 2 aromatic carbocycles. The average molecular weight is 483 g/mol. The maximum atomic E-state index is 12.7. The quantitative estimate of drug-likeness (QED) is 0.373. The molecule has 0 saturated heterocycles. The van der Waals surface area contributed by atoms with E-state index in [1.165, 1.54) is 0 Å². The molecule has 1 aliphatic carbocycles. The summed E-state index contributed by atoms with van der Waals surface area (Å²) in [5, 5.41) is 14.4. The first-order valence-electron chi connectivity index (χ1n) is 12.0. The Morgan fingerprint density at radius 3 is 2.23 bits per heavy atom. The predicted octanol–water partition coefficient (Wildman–Crippen LogP) is 3.94. The first kappa shape index (κ1) is 26.2. The Kier molecular flexibility index (Phi) is 9.66. The van der Waals surface area contributed by atoms with Crippen molar-refractivity contribution in [2.45, 2.75) is 44.6 Å². The molecule has 0 saturated carbocycles. The Balaban J connectivity index is 1.56. The summed E-state index contributed by atoms with van der Waals surface area (Å²) in [6.45, 7) is 2.79. The summed E-state index contributed by atoms with van der Waals surface area (Å²) in [6, 6.07) is 15.4. The van der Waals surface area contributed by atoms with Crippen LogP contribution in [0.1, 0.15) is 49.7 Å². The monoisotopic (exact) mass is 482 g/mol. The average Bonchev–Trinajstić information content (AvgIpc) is 3.15. The van der Waals surface area contributed by atoms with Crippen molar-refractivity contribution in [3.63, 3.8) is 0 Å². The summed E-state index contributed by atoms with van der Waals surface area (Å²) in [5.41, 5.74) is 4.52. The SMILES string of the molecule is COCCCC(NC(=O)OCC1c2ccccc2-c2ccccc21)C(=O)NCCC(C)CC(=O)O. The van der Waals surface area contributed by atoms with Gasteiger partial charge in [0, 0.05) is 32.6 Å². The fourth-order valence-electron chi connectivity index (χ4n) is 4.45. The number of hydrogen-bond acceptors (Lipinski definition) is 5. The van der Waals surface area contributed by atoms with Gasteiger partial charge in [0.15, 0.2) is 0 Å². The minimum Gasteiger partial charge on any atom is -0.481 e. The lowest BCUT2D eigenvalue weighted by molar-refractivity contribution is -0.138. The van der Waals surface area contributed by atoms with E-state index in [0.717, 1.165) is 22.3 Å². The second kappa shape index (κ2) is 12.9. The molecule has 1 aliphatic rings. The molecule has 3 rings (SSSR count).